The van der Waals surface area contributed by atoms with Crippen LogP contribution < -0.4 is 5.32 Å². The summed E-state index contributed by atoms with van der Waals surface area (Å²) < 4.78 is 2.13. The van der Waals surface area contributed by atoms with Crippen LogP contribution in [0.3, 0.4) is 0 Å². The Hall–Kier alpha value is -1.61. The Balaban J connectivity index is 1.75. The summed E-state index contributed by atoms with van der Waals surface area (Å²) in [5, 5.41) is 3.53. The van der Waals surface area contributed by atoms with Crippen LogP contribution in [0.25, 0.3) is 5.69 Å². The van der Waals surface area contributed by atoms with Gasteiger partial charge in [0.1, 0.15) is 0 Å². The highest BCUT2D eigenvalue weighted by Crippen LogP contribution is 2.20. The summed E-state index contributed by atoms with van der Waals surface area (Å²) in [5.74, 6) is 0. The van der Waals surface area contributed by atoms with Gasteiger partial charge < -0.3 is 9.88 Å². The van der Waals surface area contributed by atoms with Crippen molar-refractivity contribution in [1.82, 2.24) is 14.9 Å². The summed E-state index contributed by atoms with van der Waals surface area (Å²) in [6.45, 7) is 5.12. The Morgan fingerprint density at radius 1 is 1.22 bits per heavy atom. The monoisotopic (exact) mass is 241 g/mol. The molecule has 0 spiro atoms. The standard InChI is InChI=1S/C15H19N3/c1-11-12(2)18(10-17-11)15-7-3-13(4-8-15)9-16-14-5-6-14/h3-4,7-8,10,14,16H,5-6,9H2,1-2H3. The van der Waals surface area contributed by atoms with Gasteiger partial charge in [0.05, 0.1) is 12.0 Å². The molecule has 2 aromatic rings. The van der Waals surface area contributed by atoms with E-state index < -0.39 is 0 Å². The fraction of sp³-hybridized carbons (Fsp3) is 0.400. The summed E-state index contributed by atoms with van der Waals surface area (Å²) >= 11 is 0. The predicted octanol–water partition coefficient (Wildman–Crippen LogP) is 2.74. The van der Waals surface area contributed by atoms with Crippen LogP contribution in [0.4, 0.5) is 0 Å². The number of nitrogens with zero attached hydrogens (tertiary/aromatic N) is 2. The highest BCUT2D eigenvalue weighted by molar-refractivity contribution is 5.37. The first-order chi connectivity index (χ1) is 8.74. The lowest BCUT2D eigenvalue weighted by molar-refractivity contribution is 0.687. The molecule has 0 unspecified atom stereocenters. The van der Waals surface area contributed by atoms with Gasteiger partial charge in [-0.3, -0.25) is 0 Å². The number of hydrogen-bond donors (Lipinski definition) is 1. The average molecular weight is 241 g/mol. The zero-order valence-electron chi connectivity index (χ0n) is 11.0. The second-order valence-electron chi connectivity index (χ2n) is 5.11. The minimum Gasteiger partial charge on any atom is -0.310 e. The van der Waals surface area contributed by atoms with Crippen LogP contribution in [0.15, 0.2) is 30.6 Å². The molecule has 3 rings (SSSR count). The Morgan fingerprint density at radius 3 is 2.50 bits per heavy atom. The lowest BCUT2D eigenvalue weighted by Crippen LogP contribution is -2.15. The lowest BCUT2D eigenvalue weighted by atomic mass is 10.2. The van der Waals surface area contributed by atoms with Gasteiger partial charge in [0.25, 0.3) is 0 Å². The van der Waals surface area contributed by atoms with E-state index in [9.17, 15) is 0 Å². The molecule has 0 atom stereocenters. The van der Waals surface area contributed by atoms with Gasteiger partial charge in [0, 0.05) is 24.0 Å². The van der Waals surface area contributed by atoms with Gasteiger partial charge in [-0.2, -0.15) is 0 Å². The minimum atomic E-state index is 0.767. The molecule has 1 aromatic carbocycles. The fourth-order valence-corrected chi connectivity index (χ4v) is 2.08. The Bertz CT molecular complexity index is 535. The highest BCUT2D eigenvalue weighted by Gasteiger charge is 2.19. The topological polar surface area (TPSA) is 29.9 Å². The molecule has 0 amide bonds. The van der Waals surface area contributed by atoms with E-state index in [0.717, 1.165) is 18.3 Å². The smallest absolute Gasteiger partial charge is 0.0997 e. The summed E-state index contributed by atoms with van der Waals surface area (Å²) in [5.41, 5.74) is 4.83. The third kappa shape index (κ3) is 2.31. The normalized spacial score (nSPS) is 15.0. The first-order valence-corrected chi connectivity index (χ1v) is 6.57. The number of nitrogens with one attached hydrogen (secondary N) is 1. The Morgan fingerprint density at radius 2 is 1.94 bits per heavy atom. The summed E-state index contributed by atoms with van der Waals surface area (Å²) in [6.07, 6.45) is 4.57. The van der Waals surface area contributed by atoms with E-state index in [4.69, 9.17) is 0 Å². The molecule has 1 N–H and O–H groups in total. The molecular formula is C15H19N3. The van der Waals surface area contributed by atoms with Crippen molar-refractivity contribution in [1.29, 1.82) is 0 Å². The minimum absolute atomic E-state index is 0.767. The van der Waals surface area contributed by atoms with Gasteiger partial charge in [0.2, 0.25) is 0 Å². The van der Waals surface area contributed by atoms with Crippen molar-refractivity contribution in [3.63, 3.8) is 0 Å². The van der Waals surface area contributed by atoms with Crippen LogP contribution in [0.5, 0.6) is 0 Å². The first-order valence-electron chi connectivity index (χ1n) is 6.57. The third-order valence-electron chi connectivity index (χ3n) is 3.64. The van der Waals surface area contributed by atoms with Crippen LogP contribution >= 0.6 is 0 Å². The predicted molar refractivity (Wildman–Crippen MR) is 72.9 cm³/mol. The molecule has 0 bridgehead atoms. The molecule has 3 nitrogen and oxygen atoms in total. The fourth-order valence-electron chi connectivity index (χ4n) is 2.08. The molecule has 1 saturated carbocycles. The van der Waals surface area contributed by atoms with E-state index in [2.05, 4.69) is 46.1 Å². The second kappa shape index (κ2) is 4.58. The number of rotatable bonds is 4. The van der Waals surface area contributed by atoms with E-state index >= 15 is 0 Å². The molecule has 1 aliphatic carbocycles. The van der Waals surface area contributed by atoms with Crippen molar-refractivity contribution in [2.75, 3.05) is 0 Å². The molecule has 3 heteroatoms. The van der Waals surface area contributed by atoms with Gasteiger partial charge in [-0.25, -0.2) is 4.98 Å². The van der Waals surface area contributed by atoms with Gasteiger partial charge in [-0.1, -0.05) is 12.1 Å². The van der Waals surface area contributed by atoms with E-state index in [-0.39, 0.29) is 0 Å². The van der Waals surface area contributed by atoms with Crippen LogP contribution in [-0.4, -0.2) is 15.6 Å². The number of aromatic nitrogens is 2. The molecule has 1 aromatic heterocycles. The van der Waals surface area contributed by atoms with Crippen LogP contribution in [0.2, 0.25) is 0 Å². The maximum atomic E-state index is 4.33. The zero-order chi connectivity index (χ0) is 12.5. The summed E-state index contributed by atoms with van der Waals surface area (Å²) in [7, 11) is 0. The van der Waals surface area contributed by atoms with Gasteiger partial charge in [-0.05, 0) is 44.4 Å². The number of hydrogen-bond acceptors (Lipinski definition) is 2. The SMILES string of the molecule is Cc1ncn(-c2ccc(CNC3CC3)cc2)c1C. The number of imidazole rings is 1. The van der Waals surface area contributed by atoms with Crippen molar-refractivity contribution in [2.24, 2.45) is 0 Å². The van der Waals surface area contributed by atoms with Gasteiger partial charge in [0.15, 0.2) is 0 Å². The molecule has 0 radical (unpaired) electrons. The third-order valence-corrected chi connectivity index (χ3v) is 3.64. The van der Waals surface area contributed by atoms with Gasteiger partial charge >= 0.3 is 0 Å². The molecule has 0 saturated heterocycles. The summed E-state index contributed by atoms with van der Waals surface area (Å²) in [6, 6.07) is 9.48. The largest absolute Gasteiger partial charge is 0.310 e. The highest BCUT2D eigenvalue weighted by atomic mass is 15.1. The molecule has 94 valence electrons. The molecular weight excluding hydrogens is 222 g/mol. The number of benzene rings is 1. The van der Waals surface area contributed by atoms with Crippen LogP contribution in [0.1, 0.15) is 29.8 Å². The van der Waals surface area contributed by atoms with Crippen molar-refractivity contribution in [3.05, 3.63) is 47.5 Å². The molecule has 0 aliphatic heterocycles. The lowest BCUT2D eigenvalue weighted by Gasteiger charge is -2.07. The first kappa shape index (κ1) is 11.5. The quantitative estimate of drug-likeness (QED) is 0.892. The van der Waals surface area contributed by atoms with E-state index in [1.165, 1.54) is 29.8 Å². The Labute approximate surface area is 108 Å². The van der Waals surface area contributed by atoms with Crippen molar-refractivity contribution in [2.45, 2.75) is 39.3 Å². The van der Waals surface area contributed by atoms with Crippen LogP contribution in [-0.2, 0) is 6.54 Å². The van der Waals surface area contributed by atoms with Crippen LogP contribution in [0, 0.1) is 13.8 Å². The average Bonchev–Trinajstić information content (AvgIpc) is 3.16. The summed E-state index contributed by atoms with van der Waals surface area (Å²) in [4.78, 5) is 4.33. The maximum Gasteiger partial charge on any atom is 0.0997 e. The maximum absolute atomic E-state index is 4.33. The van der Waals surface area contributed by atoms with Crippen molar-refractivity contribution in [3.8, 4) is 5.69 Å². The van der Waals surface area contributed by atoms with Gasteiger partial charge in [-0.15, -0.1) is 0 Å². The van der Waals surface area contributed by atoms with E-state index in [0.29, 0.717) is 0 Å². The van der Waals surface area contributed by atoms with E-state index in [1.54, 1.807) is 0 Å². The van der Waals surface area contributed by atoms with Crippen molar-refractivity contribution >= 4 is 0 Å². The molecule has 1 aliphatic rings. The van der Waals surface area contributed by atoms with Crippen molar-refractivity contribution < 1.29 is 0 Å². The van der Waals surface area contributed by atoms with E-state index in [1.807, 2.05) is 13.3 Å². The Kier molecular flexibility index (Phi) is 2.92. The molecule has 1 fully saturated rings. The second-order valence-corrected chi connectivity index (χ2v) is 5.11. The number of aryl methyl sites for hydroxylation is 1. The zero-order valence-corrected chi connectivity index (χ0v) is 11.0. The molecule has 1 heterocycles. The molecule has 18 heavy (non-hydrogen) atoms.